The average Bonchev–Trinajstić information content (AvgIpc) is 2.61. The predicted molar refractivity (Wildman–Crippen MR) is 98.7 cm³/mol. The molecule has 24 heavy (non-hydrogen) atoms. The van der Waals surface area contributed by atoms with Gasteiger partial charge in [-0.05, 0) is 53.6 Å². The van der Waals surface area contributed by atoms with E-state index in [1.54, 1.807) is 24.3 Å². The van der Waals surface area contributed by atoms with Gasteiger partial charge in [0.25, 0.3) is 5.91 Å². The third-order valence-electron chi connectivity index (χ3n) is 3.77. The van der Waals surface area contributed by atoms with Gasteiger partial charge in [-0.25, -0.2) is 0 Å². The summed E-state index contributed by atoms with van der Waals surface area (Å²) >= 11 is 5.86. The molecule has 0 radical (unpaired) electrons. The van der Waals surface area contributed by atoms with Gasteiger partial charge in [-0.3, -0.25) is 4.79 Å². The lowest BCUT2D eigenvalue weighted by Gasteiger charge is -2.17. The van der Waals surface area contributed by atoms with Crippen LogP contribution >= 0.6 is 11.6 Å². The van der Waals surface area contributed by atoms with Crippen LogP contribution in [0.15, 0.2) is 66.7 Å². The second kappa shape index (κ2) is 7.37. The van der Waals surface area contributed by atoms with Crippen LogP contribution in [-0.2, 0) is 4.79 Å². The summed E-state index contributed by atoms with van der Waals surface area (Å²) in [4.78, 5) is 12.4. The SMILES string of the molecule is CC[C@@H](Oc1ccc2ccccc2c1)C(=O)Nc1ccc(Cl)cc1. The largest absolute Gasteiger partial charge is 0.481 e. The van der Waals surface area contributed by atoms with Crippen molar-refractivity contribution in [2.24, 2.45) is 0 Å². The number of hydrogen-bond acceptors (Lipinski definition) is 2. The third-order valence-corrected chi connectivity index (χ3v) is 4.03. The summed E-state index contributed by atoms with van der Waals surface area (Å²) in [7, 11) is 0. The lowest BCUT2D eigenvalue weighted by atomic mass is 10.1. The normalized spacial score (nSPS) is 11.9. The maximum absolute atomic E-state index is 12.4. The molecule has 122 valence electrons. The average molecular weight is 340 g/mol. The van der Waals surface area contributed by atoms with E-state index in [9.17, 15) is 4.79 Å². The second-order valence-corrected chi connectivity index (χ2v) is 5.96. The summed E-state index contributed by atoms with van der Waals surface area (Å²) in [6.45, 7) is 1.92. The Bertz CT molecular complexity index is 846. The minimum atomic E-state index is -0.554. The van der Waals surface area contributed by atoms with Gasteiger partial charge in [0.15, 0.2) is 6.10 Å². The number of fused-ring (bicyclic) bond motifs is 1. The number of carbonyl (C=O) groups excluding carboxylic acids is 1. The Hall–Kier alpha value is -2.52. The highest BCUT2D eigenvalue weighted by Gasteiger charge is 2.18. The molecular formula is C20H18ClNO2. The first kappa shape index (κ1) is 16.3. The Balaban J connectivity index is 1.72. The minimum absolute atomic E-state index is 0.173. The summed E-state index contributed by atoms with van der Waals surface area (Å²) < 4.78 is 5.89. The van der Waals surface area contributed by atoms with Crippen LogP contribution < -0.4 is 10.1 Å². The number of benzene rings is 3. The summed E-state index contributed by atoms with van der Waals surface area (Å²) in [5.74, 6) is 0.514. The molecule has 3 aromatic rings. The highest BCUT2D eigenvalue weighted by atomic mass is 35.5. The molecule has 0 unspecified atom stereocenters. The molecule has 0 heterocycles. The van der Waals surface area contributed by atoms with E-state index in [1.165, 1.54) is 0 Å². The number of carbonyl (C=O) groups is 1. The molecule has 1 amide bonds. The Kier molecular flexibility index (Phi) is 5.02. The maximum atomic E-state index is 12.4. The predicted octanol–water partition coefficient (Wildman–Crippen LogP) is 5.29. The number of nitrogens with one attached hydrogen (secondary N) is 1. The van der Waals surface area contributed by atoms with Crippen molar-refractivity contribution in [1.82, 2.24) is 0 Å². The number of halogens is 1. The van der Waals surface area contributed by atoms with Crippen LogP contribution in [0.2, 0.25) is 5.02 Å². The molecule has 0 saturated heterocycles. The van der Waals surface area contributed by atoms with Crippen molar-refractivity contribution >= 4 is 34.0 Å². The molecule has 0 aliphatic heterocycles. The first-order valence-electron chi connectivity index (χ1n) is 7.87. The van der Waals surface area contributed by atoms with Gasteiger partial charge in [-0.15, -0.1) is 0 Å². The molecule has 0 bridgehead atoms. The van der Waals surface area contributed by atoms with Crippen molar-refractivity contribution in [1.29, 1.82) is 0 Å². The van der Waals surface area contributed by atoms with E-state index in [-0.39, 0.29) is 5.91 Å². The fraction of sp³-hybridized carbons (Fsp3) is 0.150. The molecule has 1 N–H and O–H groups in total. The number of rotatable bonds is 5. The molecule has 0 saturated carbocycles. The molecule has 3 aromatic carbocycles. The molecular weight excluding hydrogens is 322 g/mol. The third kappa shape index (κ3) is 3.87. The van der Waals surface area contributed by atoms with E-state index in [4.69, 9.17) is 16.3 Å². The zero-order valence-electron chi connectivity index (χ0n) is 13.3. The van der Waals surface area contributed by atoms with Crippen LogP contribution in [0.3, 0.4) is 0 Å². The van der Waals surface area contributed by atoms with Crippen LogP contribution in [0.5, 0.6) is 5.75 Å². The minimum Gasteiger partial charge on any atom is -0.481 e. The van der Waals surface area contributed by atoms with Gasteiger partial charge in [-0.1, -0.05) is 48.9 Å². The standard InChI is InChI=1S/C20H18ClNO2/c1-2-19(20(23)22-17-10-8-16(21)9-11-17)24-18-12-7-14-5-3-4-6-15(14)13-18/h3-13,19H,2H2,1H3,(H,22,23)/t19-/m1/s1. The zero-order chi connectivity index (χ0) is 16.9. The molecule has 0 aliphatic rings. The van der Waals surface area contributed by atoms with Gasteiger partial charge in [-0.2, -0.15) is 0 Å². The molecule has 0 aromatic heterocycles. The van der Waals surface area contributed by atoms with E-state index in [1.807, 2.05) is 49.4 Å². The van der Waals surface area contributed by atoms with Crippen LogP contribution in [0.25, 0.3) is 10.8 Å². The topological polar surface area (TPSA) is 38.3 Å². The van der Waals surface area contributed by atoms with Gasteiger partial charge < -0.3 is 10.1 Å². The van der Waals surface area contributed by atoms with E-state index in [0.717, 1.165) is 10.8 Å². The smallest absolute Gasteiger partial charge is 0.265 e. The van der Waals surface area contributed by atoms with Crippen molar-refractivity contribution in [3.63, 3.8) is 0 Å². The zero-order valence-corrected chi connectivity index (χ0v) is 14.1. The Morgan fingerprint density at radius 1 is 1.04 bits per heavy atom. The van der Waals surface area contributed by atoms with Crippen molar-refractivity contribution in [2.75, 3.05) is 5.32 Å². The van der Waals surface area contributed by atoms with Gasteiger partial charge in [0, 0.05) is 10.7 Å². The van der Waals surface area contributed by atoms with Crippen molar-refractivity contribution in [2.45, 2.75) is 19.4 Å². The lowest BCUT2D eigenvalue weighted by molar-refractivity contribution is -0.122. The highest BCUT2D eigenvalue weighted by molar-refractivity contribution is 6.30. The number of hydrogen-bond donors (Lipinski definition) is 1. The summed E-state index contributed by atoms with van der Waals surface area (Å²) in [5.41, 5.74) is 0.699. The maximum Gasteiger partial charge on any atom is 0.265 e. The van der Waals surface area contributed by atoms with E-state index in [0.29, 0.717) is 22.9 Å². The fourth-order valence-electron chi connectivity index (χ4n) is 2.48. The van der Waals surface area contributed by atoms with Gasteiger partial charge >= 0.3 is 0 Å². The van der Waals surface area contributed by atoms with Crippen LogP contribution in [-0.4, -0.2) is 12.0 Å². The monoisotopic (exact) mass is 339 g/mol. The molecule has 3 nitrogen and oxygen atoms in total. The molecule has 1 atom stereocenters. The van der Waals surface area contributed by atoms with Gasteiger partial charge in [0.05, 0.1) is 0 Å². The Labute approximate surface area is 146 Å². The Morgan fingerprint density at radius 3 is 2.46 bits per heavy atom. The molecule has 0 fully saturated rings. The molecule has 4 heteroatoms. The summed E-state index contributed by atoms with van der Waals surface area (Å²) in [5, 5.41) is 5.72. The van der Waals surface area contributed by atoms with Crippen molar-refractivity contribution < 1.29 is 9.53 Å². The van der Waals surface area contributed by atoms with Crippen LogP contribution in [0.1, 0.15) is 13.3 Å². The van der Waals surface area contributed by atoms with E-state index >= 15 is 0 Å². The molecule has 0 spiro atoms. The number of amides is 1. The van der Waals surface area contributed by atoms with Crippen LogP contribution in [0, 0.1) is 0 Å². The fourth-order valence-corrected chi connectivity index (χ4v) is 2.61. The first-order chi connectivity index (χ1) is 11.7. The Morgan fingerprint density at radius 2 is 1.75 bits per heavy atom. The second-order valence-electron chi connectivity index (χ2n) is 5.52. The van der Waals surface area contributed by atoms with E-state index in [2.05, 4.69) is 5.32 Å². The summed E-state index contributed by atoms with van der Waals surface area (Å²) in [6.07, 6.45) is 0.0218. The number of ether oxygens (including phenoxy) is 1. The summed E-state index contributed by atoms with van der Waals surface area (Å²) in [6, 6.07) is 20.9. The van der Waals surface area contributed by atoms with Crippen LogP contribution in [0.4, 0.5) is 5.69 Å². The first-order valence-corrected chi connectivity index (χ1v) is 8.25. The van der Waals surface area contributed by atoms with Crippen molar-refractivity contribution in [3.05, 3.63) is 71.8 Å². The quantitative estimate of drug-likeness (QED) is 0.686. The lowest BCUT2D eigenvalue weighted by Crippen LogP contribution is -2.32. The van der Waals surface area contributed by atoms with Crippen molar-refractivity contribution in [3.8, 4) is 5.75 Å². The molecule has 0 aliphatic carbocycles. The van der Waals surface area contributed by atoms with Gasteiger partial charge in [0.2, 0.25) is 0 Å². The van der Waals surface area contributed by atoms with E-state index < -0.39 is 6.10 Å². The number of anilines is 1. The van der Waals surface area contributed by atoms with Gasteiger partial charge in [0.1, 0.15) is 5.75 Å². The molecule has 3 rings (SSSR count). The highest BCUT2D eigenvalue weighted by Crippen LogP contribution is 2.22.